The molecule has 0 spiro atoms. The summed E-state index contributed by atoms with van der Waals surface area (Å²) in [4.78, 5) is 12.5. The van der Waals surface area contributed by atoms with Gasteiger partial charge in [0.05, 0.1) is 5.41 Å². The Morgan fingerprint density at radius 1 is 0.744 bits per heavy atom. The highest BCUT2D eigenvalue weighted by atomic mass is 16.5. The predicted molar refractivity (Wildman–Crippen MR) is 169 cm³/mol. The van der Waals surface area contributed by atoms with Gasteiger partial charge < -0.3 is 9.47 Å². The van der Waals surface area contributed by atoms with E-state index in [1.165, 1.54) is 93.8 Å². The first-order valence-electron chi connectivity index (χ1n) is 15.9. The Balaban J connectivity index is 2.51. The van der Waals surface area contributed by atoms with Crippen molar-refractivity contribution in [3.63, 3.8) is 0 Å². The van der Waals surface area contributed by atoms with Crippen molar-refractivity contribution in [2.45, 2.75) is 151 Å². The number of aryl methyl sites for hydroxylation is 1. The SMILES string of the molecule is CCCCCCCCCCCCCCCc1cc(OC/C=C(\C)CCC=C(C)C)cc(OC(=O)C(C)(C)C)c1. The maximum atomic E-state index is 12.5. The first-order valence-corrected chi connectivity index (χ1v) is 15.9. The van der Waals surface area contributed by atoms with Gasteiger partial charge in [-0.3, -0.25) is 4.79 Å². The second-order valence-corrected chi connectivity index (χ2v) is 12.6. The van der Waals surface area contributed by atoms with E-state index >= 15 is 0 Å². The molecule has 39 heavy (non-hydrogen) atoms. The van der Waals surface area contributed by atoms with Gasteiger partial charge in [-0.2, -0.15) is 0 Å². The van der Waals surface area contributed by atoms with Gasteiger partial charge in [-0.25, -0.2) is 0 Å². The van der Waals surface area contributed by atoms with Crippen LogP contribution in [-0.2, 0) is 11.2 Å². The number of hydrogen-bond acceptors (Lipinski definition) is 3. The summed E-state index contributed by atoms with van der Waals surface area (Å²) in [5.74, 6) is 1.13. The first-order chi connectivity index (χ1) is 18.6. The lowest BCUT2D eigenvalue weighted by atomic mass is 9.97. The van der Waals surface area contributed by atoms with Crippen LogP contribution >= 0.6 is 0 Å². The van der Waals surface area contributed by atoms with E-state index < -0.39 is 5.41 Å². The lowest BCUT2D eigenvalue weighted by Crippen LogP contribution is -2.25. The maximum absolute atomic E-state index is 12.5. The lowest BCUT2D eigenvalue weighted by Gasteiger charge is -2.17. The fourth-order valence-corrected chi connectivity index (χ4v) is 4.50. The lowest BCUT2D eigenvalue weighted by molar-refractivity contribution is -0.143. The average Bonchev–Trinajstić information content (AvgIpc) is 2.86. The number of unbranched alkanes of at least 4 members (excludes halogenated alkanes) is 12. The van der Waals surface area contributed by atoms with Gasteiger partial charge in [0, 0.05) is 6.07 Å². The minimum Gasteiger partial charge on any atom is -0.489 e. The topological polar surface area (TPSA) is 35.5 Å². The van der Waals surface area contributed by atoms with Gasteiger partial charge in [0.2, 0.25) is 0 Å². The van der Waals surface area contributed by atoms with Gasteiger partial charge in [-0.05, 0) is 91.0 Å². The molecule has 0 saturated heterocycles. The number of esters is 1. The number of hydrogen-bond donors (Lipinski definition) is 0. The van der Waals surface area contributed by atoms with Crippen LogP contribution in [0.5, 0.6) is 11.5 Å². The molecule has 1 rings (SSSR count). The van der Waals surface area contributed by atoms with Crippen molar-refractivity contribution in [3.8, 4) is 11.5 Å². The maximum Gasteiger partial charge on any atom is 0.316 e. The minimum absolute atomic E-state index is 0.221. The second-order valence-electron chi connectivity index (χ2n) is 12.6. The fourth-order valence-electron chi connectivity index (χ4n) is 4.50. The molecule has 0 saturated carbocycles. The molecule has 0 aliphatic rings. The largest absolute Gasteiger partial charge is 0.489 e. The van der Waals surface area contributed by atoms with Gasteiger partial charge in [0.1, 0.15) is 18.1 Å². The smallest absolute Gasteiger partial charge is 0.316 e. The van der Waals surface area contributed by atoms with Crippen molar-refractivity contribution in [1.82, 2.24) is 0 Å². The Kier molecular flexibility index (Phi) is 18.7. The molecule has 0 atom stereocenters. The molecular weight excluding hydrogens is 480 g/mol. The number of benzene rings is 1. The van der Waals surface area contributed by atoms with Crippen LogP contribution in [0.25, 0.3) is 0 Å². The predicted octanol–water partition coefficient (Wildman–Crippen LogP) is 11.3. The highest BCUT2D eigenvalue weighted by Gasteiger charge is 2.24. The third-order valence-corrected chi connectivity index (χ3v) is 7.10. The molecule has 0 fully saturated rings. The zero-order valence-electron chi connectivity index (χ0n) is 26.6. The molecule has 3 heteroatoms. The normalized spacial score (nSPS) is 11.9. The van der Waals surface area contributed by atoms with Gasteiger partial charge >= 0.3 is 5.97 Å². The van der Waals surface area contributed by atoms with E-state index in [1.807, 2.05) is 32.9 Å². The zero-order chi connectivity index (χ0) is 28.9. The zero-order valence-corrected chi connectivity index (χ0v) is 26.6. The number of rotatable bonds is 21. The summed E-state index contributed by atoms with van der Waals surface area (Å²) in [5, 5.41) is 0. The van der Waals surface area contributed by atoms with E-state index in [9.17, 15) is 4.79 Å². The van der Waals surface area contributed by atoms with Crippen LogP contribution < -0.4 is 9.47 Å². The Bertz CT molecular complexity index is 853. The highest BCUT2D eigenvalue weighted by Crippen LogP contribution is 2.27. The molecule has 0 radical (unpaired) electrons. The van der Waals surface area contributed by atoms with Crippen molar-refractivity contribution in [2.24, 2.45) is 5.41 Å². The molecular formula is C36H60O3. The molecule has 222 valence electrons. The van der Waals surface area contributed by atoms with Crippen LogP contribution in [0.3, 0.4) is 0 Å². The Hall–Kier alpha value is -2.03. The summed E-state index contributed by atoms with van der Waals surface area (Å²) in [6, 6.07) is 5.97. The van der Waals surface area contributed by atoms with Crippen LogP contribution in [0.15, 0.2) is 41.5 Å². The first kappa shape index (κ1) is 35.0. The summed E-state index contributed by atoms with van der Waals surface area (Å²) in [6.45, 7) is 14.9. The van der Waals surface area contributed by atoms with Crippen molar-refractivity contribution >= 4 is 5.97 Å². The van der Waals surface area contributed by atoms with Crippen molar-refractivity contribution in [2.75, 3.05) is 6.61 Å². The third-order valence-electron chi connectivity index (χ3n) is 7.10. The van der Waals surface area contributed by atoms with Crippen molar-refractivity contribution in [3.05, 3.63) is 47.1 Å². The van der Waals surface area contributed by atoms with Gasteiger partial charge in [-0.15, -0.1) is 0 Å². The molecule has 1 aromatic rings. The molecule has 0 unspecified atom stereocenters. The molecule has 3 nitrogen and oxygen atoms in total. The minimum atomic E-state index is -0.544. The van der Waals surface area contributed by atoms with E-state index in [0.29, 0.717) is 12.4 Å². The third kappa shape index (κ3) is 18.8. The molecule has 1 aromatic carbocycles. The van der Waals surface area contributed by atoms with Crippen molar-refractivity contribution < 1.29 is 14.3 Å². The van der Waals surface area contributed by atoms with Crippen LogP contribution in [0.1, 0.15) is 150 Å². The van der Waals surface area contributed by atoms with Crippen molar-refractivity contribution in [1.29, 1.82) is 0 Å². The van der Waals surface area contributed by atoms with Crippen LogP contribution in [-0.4, -0.2) is 12.6 Å². The standard InChI is InChI=1S/C36H60O3/c1-8-9-10-11-12-13-14-15-16-17-18-19-20-24-32-27-33(29-34(28-32)39-35(37)36(5,6)7)38-26-25-31(4)23-21-22-30(2)3/h22,25,27-29H,8-21,23-24,26H2,1-7H3/b31-25+. The molecule has 0 N–H and O–H groups in total. The quantitative estimate of drug-likeness (QED) is 0.0673. The van der Waals surface area contributed by atoms with E-state index in [2.05, 4.69) is 45.9 Å². The molecule has 0 amide bonds. The molecule has 0 aliphatic heterocycles. The molecule has 0 aromatic heterocycles. The molecule has 0 aliphatic carbocycles. The monoisotopic (exact) mass is 540 g/mol. The van der Waals surface area contributed by atoms with E-state index in [-0.39, 0.29) is 5.97 Å². The number of allylic oxidation sites excluding steroid dienone is 3. The summed E-state index contributed by atoms with van der Waals surface area (Å²) in [6.07, 6.45) is 25.1. The Labute approximate surface area is 241 Å². The van der Waals surface area contributed by atoms with Gasteiger partial charge in [0.25, 0.3) is 0 Å². The van der Waals surface area contributed by atoms with E-state index in [0.717, 1.165) is 31.4 Å². The van der Waals surface area contributed by atoms with Crippen LogP contribution in [0.2, 0.25) is 0 Å². The fraction of sp³-hybridized carbons (Fsp3) is 0.694. The van der Waals surface area contributed by atoms with Gasteiger partial charge in [-0.1, -0.05) is 101 Å². The number of carbonyl (C=O) groups excluding carboxylic acids is 1. The summed E-state index contributed by atoms with van der Waals surface area (Å²) < 4.78 is 11.8. The second kappa shape index (κ2) is 20.8. The highest BCUT2D eigenvalue weighted by molar-refractivity contribution is 5.78. The molecule has 0 heterocycles. The summed E-state index contributed by atoms with van der Waals surface area (Å²) in [5.41, 5.74) is 3.32. The average molecular weight is 541 g/mol. The van der Waals surface area contributed by atoms with Crippen LogP contribution in [0.4, 0.5) is 0 Å². The van der Waals surface area contributed by atoms with Gasteiger partial charge in [0.15, 0.2) is 0 Å². The van der Waals surface area contributed by atoms with Crippen LogP contribution in [0, 0.1) is 5.41 Å². The van der Waals surface area contributed by atoms with E-state index in [4.69, 9.17) is 9.47 Å². The Morgan fingerprint density at radius 3 is 1.82 bits per heavy atom. The number of ether oxygens (including phenoxy) is 2. The van der Waals surface area contributed by atoms with E-state index in [1.54, 1.807) is 0 Å². The summed E-state index contributed by atoms with van der Waals surface area (Å²) in [7, 11) is 0. The Morgan fingerprint density at radius 2 is 1.28 bits per heavy atom. The summed E-state index contributed by atoms with van der Waals surface area (Å²) >= 11 is 0. The molecule has 0 bridgehead atoms. The number of carbonyl (C=O) groups is 1.